The molecule has 7 nitrogen and oxygen atoms in total. The van der Waals surface area contributed by atoms with Gasteiger partial charge in [-0.15, -0.1) is 0 Å². The van der Waals surface area contributed by atoms with Gasteiger partial charge >= 0.3 is 12.2 Å². The standard InChI is InChI=1S/C20H17F3N6O/c1-28-10-15(20(21,22)23)25-17(28)12-7-5-11(6-8-12)9-29-18-16-13(24-19(30)26-18)3-2-4-14(16)27-29/h5-8,10H,2-4,9H2,1H3,(H,24,26,30). The number of rotatable bonds is 3. The number of aromatic nitrogens is 6. The van der Waals surface area contributed by atoms with E-state index >= 15 is 0 Å². The minimum Gasteiger partial charge on any atom is -0.479 e. The number of benzene rings is 1. The van der Waals surface area contributed by atoms with Crippen LogP contribution in [0.25, 0.3) is 22.4 Å². The topological polar surface area (TPSA) is 81.7 Å². The Bertz CT molecular complexity index is 1260. The van der Waals surface area contributed by atoms with Crippen LogP contribution in [0.5, 0.6) is 6.01 Å². The van der Waals surface area contributed by atoms with Gasteiger partial charge in [-0.05, 0) is 24.8 Å². The first-order valence-electron chi connectivity index (χ1n) is 9.45. The highest BCUT2D eigenvalue weighted by Gasteiger charge is 2.34. The van der Waals surface area contributed by atoms with E-state index in [1.165, 1.54) is 11.6 Å². The summed E-state index contributed by atoms with van der Waals surface area (Å²) in [7, 11) is 1.54. The molecule has 0 amide bonds. The van der Waals surface area contributed by atoms with E-state index in [1.807, 2.05) is 12.1 Å². The van der Waals surface area contributed by atoms with Gasteiger partial charge in [0.15, 0.2) is 11.3 Å². The van der Waals surface area contributed by atoms with Crippen molar-refractivity contribution in [3.8, 4) is 17.4 Å². The summed E-state index contributed by atoms with van der Waals surface area (Å²) in [5.41, 5.74) is 2.91. The normalized spacial score (nSPS) is 13.9. The lowest BCUT2D eigenvalue weighted by atomic mass is 10.0. The van der Waals surface area contributed by atoms with Gasteiger partial charge in [0, 0.05) is 18.8 Å². The molecule has 30 heavy (non-hydrogen) atoms. The van der Waals surface area contributed by atoms with Crippen LogP contribution in [0.15, 0.2) is 30.5 Å². The van der Waals surface area contributed by atoms with Gasteiger partial charge in [0.25, 0.3) is 0 Å². The van der Waals surface area contributed by atoms with E-state index in [0.717, 1.165) is 47.8 Å². The van der Waals surface area contributed by atoms with Gasteiger partial charge < -0.3 is 9.67 Å². The zero-order valence-corrected chi connectivity index (χ0v) is 16.0. The van der Waals surface area contributed by atoms with Crippen LogP contribution in [0, 0.1) is 0 Å². The van der Waals surface area contributed by atoms with Crippen molar-refractivity contribution in [2.45, 2.75) is 32.0 Å². The molecule has 1 aliphatic carbocycles. The van der Waals surface area contributed by atoms with Crippen molar-refractivity contribution in [1.82, 2.24) is 29.3 Å². The molecule has 1 aromatic carbocycles. The average molecular weight is 414 g/mol. The highest BCUT2D eigenvalue weighted by atomic mass is 19.4. The van der Waals surface area contributed by atoms with Crippen LogP contribution in [0.1, 0.15) is 29.1 Å². The Balaban J connectivity index is 1.46. The van der Waals surface area contributed by atoms with Crippen molar-refractivity contribution in [2.75, 3.05) is 0 Å². The molecule has 0 aliphatic heterocycles. The van der Waals surface area contributed by atoms with Gasteiger partial charge in [-0.3, -0.25) is 0 Å². The molecule has 10 heteroatoms. The number of hydrogen-bond donors (Lipinski definition) is 1. The molecular weight excluding hydrogens is 397 g/mol. The van der Waals surface area contributed by atoms with Crippen molar-refractivity contribution >= 4 is 11.0 Å². The summed E-state index contributed by atoms with van der Waals surface area (Å²) in [5, 5.41) is 15.4. The highest BCUT2D eigenvalue weighted by Crippen LogP contribution is 2.31. The second-order valence-electron chi connectivity index (χ2n) is 7.38. The monoisotopic (exact) mass is 414 g/mol. The molecule has 3 aromatic heterocycles. The number of halogens is 3. The van der Waals surface area contributed by atoms with E-state index in [-0.39, 0.29) is 11.8 Å². The van der Waals surface area contributed by atoms with E-state index in [1.54, 1.807) is 16.8 Å². The second-order valence-corrected chi connectivity index (χ2v) is 7.38. The Morgan fingerprint density at radius 2 is 1.77 bits per heavy atom. The minimum absolute atomic E-state index is 0.244. The van der Waals surface area contributed by atoms with Crippen LogP contribution in [-0.4, -0.2) is 34.4 Å². The van der Waals surface area contributed by atoms with Crippen LogP contribution in [-0.2, 0) is 32.6 Å². The van der Waals surface area contributed by atoms with Gasteiger partial charge in [0.1, 0.15) is 5.82 Å². The molecule has 0 radical (unpaired) electrons. The Hall–Kier alpha value is -3.43. The Morgan fingerprint density at radius 3 is 2.47 bits per heavy atom. The third-order valence-electron chi connectivity index (χ3n) is 5.27. The quantitative estimate of drug-likeness (QED) is 0.555. The van der Waals surface area contributed by atoms with E-state index in [4.69, 9.17) is 0 Å². The summed E-state index contributed by atoms with van der Waals surface area (Å²) in [4.78, 5) is 12.0. The molecule has 0 saturated heterocycles. The molecular formula is C20H17F3N6O. The summed E-state index contributed by atoms with van der Waals surface area (Å²) in [5.74, 6) is 0.244. The Labute approximate surface area is 168 Å². The molecule has 0 fully saturated rings. The zero-order chi connectivity index (χ0) is 21.0. The van der Waals surface area contributed by atoms with Gasteiger partial charge in [-0.1, -0.05) is 24.3 Å². The first-order valence-corrected chi connectivity index (χ1v) is 9.45. The molecule has 0 bridgehead atoms. The Kier molecular flexibility index (Phi) is 4.05. The molecule has 4 aromatic rings. The molecule has 0 atom stereocenters. The van der Waals surface area contributed by atoms with E-state index in [2.05, 4.69) is 20.1 Å². The predicted octanol–water partition coefficient (Wildman–Crippen LogP) is 3.49. The fraction of sp³-hybridized carbons (Fsp3) is 0.300. The summed E-state index contributed by atoms with van der Waals surface area (Å²) in [6.07, 6.45) is -0.960. The lowest BCUT2D eigenvalue weighted by molar-refractivity contribution is -0.140. The number of aryl methyl sites for hydroxylation is 3. The highest BCUT2D eigenvalue weighted by molar-refractivity contribution is 5.82. The maximum atomic E-state index is 12.9. The average Bonchev–Trinajstić information content (AvgIpc) is 3.24. The van der Waals surface area contributed by atoms with Gasteiger partial charge in [0.2, 0.25) is 0 Å². The van der Waals surface area contributed by atoms with Gasteiger partial charge in [0.05, 0.1) is 23.3 Å². The summed E-state index contributed by atoms with van der Waals surface area (Å²) < 4.78 is 41.8. The lowest BCUT2D eigenvalue weighted by Gasteiger charge is -2.09. The fourth-order valence-corrected chi connectivity index (χ4v) is 3.90. The van der Waals surface area contributed by atoms with Crippen molar-refractivity contribution < 1.29 is 18.3 Å². The second kappa shape index (κ2) is 6.54. The number of imidazole rings is 1. The molecule has 0 saturated carbocycles. The number of hydrogen-bond acceptors (Lipinski definition) is 5. The molecule has 0 unspecified atom stereocenters. The lowest BCUT2D eigenvalue weighted by Crippen LogP contribution is -2.05. The fourth-order valence-electron chi connectivity index (χ4n) is 3.90. The SMILES string of the molecule is Cn1cc(C(F)(F)F)nc1-c1ccc(Cn2nc3c4c(nc(O)nc42)CCC3)cc1. The van der Waals surface area contributed by atoms with Crippen LogP contribution in [0.3, 0.4) is 0 Å². The van der Waals surface area contributed by atoms with E-state index in [0.29, 0.717) is 17.8 Å². The predicted molar refractivity (Wildman–Crippen MR) is 102 cm³/mol. The van der Waals surface area contributed by atoms with Crippen LogP contribution < -0.4 is 0 Å². The molecule has 1 aliphatic rings. The van der Waals surface area contributed by atoms with Crippen LogP contribution >= 0.6 is 0 Å². The van der Waals surface area contributed by atoms with E-state index < -0.39 is 11.9 Å². The number of aromatic hydroxyl groups is 1. The summed E-state index contributed by atoms with van der Waals surface area (Å²) >= 11 is 0. The minimum atomic E-state index is -4.48. The molecule has 1 N–H and O–H groups in total. The van der Waals surface area contributed by atoms with Gasteiger partial charge in [-0.2, -0.15) is 28.2 Å². The Morgan fingerprint density at radius 1 is 1.03 bits per heavy atom. The van der Waals surface area contributed by atoms with Crippen molar-refractivity contribution in [3.05, 3.63) is 53.1 Å². The summed E-state index contributed by atoms with van der Waals surface area (Å²) in [6.45, 7) is 0.418. The molecule has 3 heterocycles. The van der Waals surface area contributed by atoms with Gasteiger partial charge in [-0.25, -0.2) is 9.67 Å². The molecule has 0 spiro atoms. The zero-order valence-electron chi connectivity index (χ0n) is 16.0. The third-order valence-corrected chi connectivity index (χ3v) is 5.27. The van der Waals surface area contributed by atoms with E-state index in [9.17, 15) is 18.3 Å². The molecule has 154 valence electrons. The maximum absolute atomic E-state index is 12.9. The first kappa shape index (κ1) is 18.6. The summed E-state index contributed by atoms with van der Waals surface area (Å²) in [6, 6.07) is 6.86. The largest absolute Gasteiger partial charge is 0.479 e. The van der Waals surface area contributed by atoms with Crippen molar-refractivity contribution in [2.24, 2.45) is 7.05 Å². The van der Waals surface area contributed by atoms with Crippen molar-refractivity contribution in [3.63, 3.8) is 0 Å². The smallest absolute Gasteiger partial charge is 0.434 e. The number of nitrogens with zero attached hydrogens (tertiary/aromatic N) is 6. The third kappa shape index (κ3) is 3.08. The van der Waals surface area contributed by atoms with Crippen LogP contribution in [0.4, 0.5) is 13.2 Å². The van der Waals surface area contributed by atoms with Crippen molar-refractivity contribution in [1.29, 1.82) is 0 Å². The molecule has 5 rings (SSSR count). The number of alkyl halides is 3. The van der Waals surface area contributed by atoms with Crippen LogP contribution in [0.2, 0.25) is 0 Å². The maximum Gasteiger partial charge on any atom is 0.434 e. The first-order chi connectivity index (χ1) is 14.3.